The topological polar surface area (TPSA) is 30.8 Å². The lowest BCUT2D eigenvalue weighted by atomic mass is 10.3. The van der Waals surface area contributed by atoms with Crippen LogP contribution in [0.4, 0.5) is 0 Å². The van der Waals surface area contributed by atoms with Gasteiger partial charge in [0.25, 0.3) is 0 Å². The zero-order chi connectivity index (χ0) is 9.68. The molecule has 70 valence electrons. The Hall–Kier alpha value is -1.51. The molecule has 0 N–H and O–H groups in total. The maximum absolute atomic E-state index is 5.09. The van der Waals surface area contributed by atoms with Crippen molar-refractivity contribution < 1.29 is 9.57 Å². The molecule has 3 nitrogen and oxygen atoms in total. The van der Waals surface area contributed by atoms with Crippen molar-refractivity contribution in [2.45, 2.75) is 6.92 Å². The molecular formula is C10H13NO2. The molecule has 0 fully saturated rings. The number of hydrogen-bond acceptors (Lipinski definition) is 3. The molecule has 1 rings (SSSR count). The summed E-state index contributed by atoms with van der Waals surface area (Å²) in [5, 5.41) is 3.83. The van der Waals surface area contributed by atoms with Crippen molar-refractivity contribution in [1.29, 1.82) is 0 Å². The Balaban J connectivity index is 2.94. The molecular weight excluding hydrogens is 168 g/mol. The molecule has 13 heavy (non-hydrogen) atoms. The molecule has 0 saturated heterocycles. The van der Waals surface area contributed by atoms with Crippen molar-refractivity contribution in [1.82, 2.24) is 0 Å². The van der Waals surface area contributed by atoms with Gasteiger partial charge in [0, 0.05) is 5.56 Å². The Morgan fingerprint density at radius 2 is 2.08 bits per heavy atom. The first-order chi connectivity index (χ1) is 6.27. The highest BCUT2D eigenvalue weighted by atomic mass is 16.6. The van der Waals surface area contributed by atoms with E-state index in [0.29, 0.717) is 0 Å². The van der Waals surface area contributed by atoms with Crippen LogP contribution >= 0.6 is 0 Å². The fraction of sp³-hybridized carbons (Fsp3) is 0.300. The van der Waals surface area contributed by atoms with E-state index in [9.17, 15) is 0 Å². The molecule has 1 aromatic carbocycles. The van der Waals surface area contributed by atoms with Crippen LogP contribution in [0, 0.1) is 0 Å². The molecule has 3 heteroatoms. The fourth-order valence-electron chi connectivity index (χ4n) is 1.04. The normalized spacial score (nSPS) is 11.2. The third kappa shape index (κ3) is 2.47. The van der Waals surface area contributed by atoms with Gasteiger partial charge in [-0.2, -0.15) is 0 Å². The second-order valence-corrected chi connectivity index (χ2v) is 2.59. The van der Waals surface area contributed by atoms with Crippen molar-refractivity contribution >= 4 is 5.71 Å². The molecule has 0 atom stereocenters. The largest absolute Gasteiger partial charge is 0.497 e. The molecule has 0 aliphatic rings. The van der Waals surface area contributed by atoms with Crippen LogP contribution in [0.3, 0.4) is 0 Å². The van der Waals surface area contributed by atoms with Crippen LogP contribution in [0.2, 0.25) is 0 Å². The van der Waals surface area contributed by atoms with Crippen molar-refractivity contribution in [3.63, 3.8) is 0 Å². The molecule has 1 aromatic rings. The summed E-state index contributed by atoms with van der Waals surface area (Å²) < 4.78 is 5.09. The molecule has 0 aliphatic carbocycles. The van der Waals surface area contributed by atoms with E-state index in [0.717, 1.165) is 17.0 Å². The van der Waals surface area contributed by atoms with E-state index in [1.807, 2.05) is 31.2 Å². The van der Waals surface area contributed by atoms with Gasteiger partial charge in [0.05, 0.1) is 12.8 Å². The summed E-state index contributed by atoms with van der Waals surface area (Å²) in [7, 11) is 3.17. The monoisotopic (exact) mass is 181 g/mol. The molecule has 0 bridgehead atoms. The van der Waals surface area contributed by atoms with E-state index in [1.54, 1.807) is 7.11 Å². The molecule has 0 amide bonds. The summed E-state index contributed by atoms with van der Waals surface area (Å²) in [6.45, 7) is 1.89. The third-order valence-corrected chi connectivity index (χ3v) is 1.72. The van der Waals surface area contributed by atoms with E-state index in [4.69, 9.17) is 4.74 Å². The van der Waals surface area contributed by atoms with E-state index >= 15 is 0 Å². The van der Waals surface area contributed by atoms with Gasteiger partial charge in [-0.3, -0.25) is 0 Å². The summed E-state index contributed by atoms with van der Waals surface area (Å²) in [6.07, 6.45) is 0. The van der Waals surface area contributed by atoms with Gasteiger partial charge in [0.1, 0.15) is 12.9 Å². The molecule has 0 heterocycles. The Kier molecular flexibility index (Phi) is 3.31. The number of rotatable bonds is 3. The summed E-state index contributed by atoms with van der Waals surface area (Å²) >= 11 is 0. The molecule has 0 saturated carbocycles. The highest BCUT2D eigenvalue weighted by molar-refractivity contribution is 5.98. The maximum Gasteiger partial charge on any atom is 0.119 e. The first-order valence-corrected chi connectivity index (χ1v) is 4.00. The van der Waals surface area contributed by atoms with Crippen LogP contribution in [0.15, 0.2) is 29.4 Å². The van der Waals surface area contributed by atoms with Crippen molar-refractivity contribution in [2.75, 3.05) is 14.2 Å². The minimum Gasteiger partial charge on any atom is -0.497 e. The Bertz CT molecular complexity index is 308. The Morgan fingerprint density at radius 3 is 2.69 bits per heavy atom. The summed E-state index contributed by atoms with van der Waals surface area (Å²) in [5.41, 5.74) is 1.84. The van der Waals surface area contributed by atoms with E-state index in [1.165, 1.54) is 7.11 Å². The maximum atomic E-state index is 5.09. The number of hydrogen-bond donors (Lipinski definition) is 0. The van der Waals surface area contributed by atoms with Gasteiger partial charge in [0.15, 0.2) is 0 Å². The average molecular weight is 181 g/mol. The zero-order valence-electron chi connectivity index (χ0n) is 8.07. The Morgan fingerprint density at radius 1 is 1.31 bits per heavy atom. The van der Waals surface area contributed by atoms with Crippen LogP contribution in [0.1, 0.15) is 12.5 Å². The van der Waals surface area contributed by atoms with Gasteiger partial charge in [-0.25, -0.2) is 0 Å². The first-order valence-electron chi connectivity index (χ1n) is 4.00. The number of ether oxygens (including phenoxy) is 1. The predicted octanol–water partition coefficient (Wildman–Crippen LogP) is 2.07. The highest BCUT2D eigenvalue weighted by Crippen LogP contribution is 2.13. The predicted molar refractivity (Wildman–Crippen MR) is 52.2 cm³/mol. The van der Waals surface area contributed by atoms with Gasteiger partial charge >= 0.3 is 0 Å². The highest BCUT2D eigenvalue weighted by Gasteiger charge is 1.98. The van der Waals surface area contributed by atoms with Crippen LogP contribution in [0.25, 0.3) is 0 Å². The number of oxime groups is 1. The average Bonchev–Trinajstić information content (AvgIpc) is 2.18. The van der Waals surface area contributed by atoms with Gasteiger partial charge < -0.3 is 9.57 Å². The van der Waals surface area contributed by atoms with Gasteiger partial charge in [-0.1, -0.05) is 17.3 Å². The van der Waals surface area contributed by atoms with Crippen LogP contribution in [-0.4, -0.2) is 19.9 Å². The lowest BCUT2D eigenvalue weighted by Crippen LogP contribution is -1.95. The van der Waals surface area contributed by atoms with E-state index in [2.05, 4.69) is 9.99 Å². The van der Waals surface area contributed by atoms with Gasteiger partial charge in [-0.15, -0.1) is 0 Å². The SMILES string of the molecule is CO/N=[14C](\C)c1cccc(OC)c1. The van der Waals surface area contributed by atoms with Crippen LogP contribution in [0.5, 0.6) is 5.75 Å². The fourth-order valence-corrected chi connectivity index (χ4v) is 1.04. The molecule has 0 unspecified atom stereocenters. The summed E-state index contributed by atoms with van der Waals surface area (Å²) in [5.74, 6) is 0.822. The third-order valence-electron chi connectivity index (χ3n) is 1.72. The van der Waals surface area contributed by atoms with Gasteiger partial charge in [-0.05, 0) is 19.1 Å². The quantitative estimate of drug-likeness (QED) is 0.528. The second-order valence-electron chi connectivity index (χ2n) is 2.59. The lowest BCUT2D eigenvalue weighted by Gasteiger charge is -2.02. The van der Waals surface area contributed by atoms with Crippen LogP contribution < -0.4 is 4.74 Å². The van der Waals surface area contributed by atoms with Crippen molar-refractivity contribution in [2.24, 2.45) is 5.16 Å². The standard InChI is InChI=1S/C10H13NO2/c1-8(11-13-3)9-5-4-6-10(7-9)12-2/h4-7H,1-3H3/b11-8+/i8+2. The van der Waals surface area contributed by atoms with Crippen LogP contribution in [-0.2, 0) is 4.84 Å². The van der Waals surface area contributed by atoms with E-state index in [-0.39, 0.29) is 0 Å². The van der Waals surface area contributed by atoms with Crippen molar-refractivity contribution in [3.05, 3.63) is 29.8 Å². The second kappa shape index (κ2) is 4.50. The minimum atomic E-state index is 0.822. The first kappa shape index (κ1) is 9.58. The zero-order valence-corrected chi connectivity index (χ0v) is 8.07. The van der Waals surface area contributed by atoms with Crippen molar-refractivity contribution in [3.8, 4) is 5.75 Å². The minimum absolute atomic E-state index is 0.822. The summed E-state index contributed by atoms with van der Waals surface area (Å²) in [6, 6.07) is 7.69. The van der Waals surface area contributed by atoms with E-state index < -0.39 is 0 Å². The Labute approximate surface area is 78.0 Å². The molecule has 0 aliphatic heterocycles. The summed E-state index contributed by atoms with van der Waals surface area (Å²) in [4.78, 5) is 4.68. The number of benzene rings is 1. The number of methoxy groups -OCH3 is 1. The molecule has 0 aromatic heterocycles. The molecule has 0 radical (unpaired) electrons. The lowest BCUT2D eigenvalue weighted by molar-refractivity contribution is 0.213. The van der Waals surface area contributed by atoms with Gasteiger partial charge in [0.2, 0.25) is 0 Å². The smallest absolute Gasteiger partial charge is 0.119 e. The number of nitrogens with zero attached hydrogens (tertiary/aromatic N) is 1. The molecule has 0 spiro atoms.